The number of nitrogen functional groups attached to an aromatic ring is 1. The Kier molecular flexibility index (Phi) is 10.6. The summed E-state index contributed by atoms with van der Waals surface area (Å²) in [4.78, 5) is -0.734. The largest absolute Gasteiger partial charge is 0.417 e. The molecule has 2 heterocycles. The van der Waals surface area contributed by atoms with Crippen LogP contribution in [0.3, 0.4) is 0 Å². The van der Waals surface area contributed by atoms with E-state index in [0.717, 1.165) is 26.8 Å². The Labute approximate surface area is 298 Å². The van der Waals surface area contributed by atoms with Crippen molar-refractivity contribution in [1.82, 2.24) is 10.3 Å². The van der Waals surface area contributed by atoms with Crippen LogP contribution in [-0.2, 0) is 26.2 Å². The second-order valence-electron chi connectivity index (χ2n) is 10.7. The first-order valence-corrected chi connectivity index (χ1v) is 18.4. The fraction of sp³-hybridized carbons (Fsp3) is 0.0909. The Morgan fingerprint density at radius 1 is 0.660 bits per heavy atom. The predicted octanol–water partition coefficient (Wildman–Crippen LogP) is 8.11. The van der Waals surface area contributed by atoms with Gasteiger partial charge in [0.15, 0.2) is 11.6 Å². The van der Waals surface area contributed by atoms with Crippen molar-refractivity contribution < 1.29 is 39.1 Å². The molecule has 2 aromatic heterocycles. The number of benzene rings is 4. The molecule has 0 amide bonds. The number of nitrogens with two attached hydrogens (primary N) is 1. The maximum Gasteiger partial charge on any atom is 0.417 e. The first-order chi connectivity index (χ1) is 23.5. The highest BCUT2D eigenvalue weighted by Gasteiger charge is 2.38. The van der Waals surface area contributed by atoms with Crippen LogP contribution in [0.25, 0.3) is 22.3 Å². The lowest BCUT2D eigenvalue weighted by atomic mass is 10.0. The van der Waals surface area contributed by atoms with Crippen LogP contribution in [0.15, 0.2) is 122 Å². The van der Waals surface area contributed by atoms with E-state index in [9.17, 15) is 30.0 Å². The molecular formula is C33H27F3IN5O6S2. The molecule has 0 aliphatic carbocycles. The summed E-state index contributed by atoms with van der Waals surface area (Å²) in [6.07, 6.45) is -4.85. The molecule has 0 aliphatic heterocycles. The van der Waals surface area contributed by atoms with Crippen molar-refractivity contribution in [3.05, 3.63) is 124 Å². The van der Waals surface area contributed by atoms with Gasteiger partial charge in [-0.2, -0.15) is 13.2 Å². The molecule has 4 N–H and O–H groups in total. The number of aryl methyl sites for hydroxylation is 2. The third-order valence-corrected chi connectivity index (χ3v) is 10.6. The monoisotopic (exact) mass is 837 g/mol. The van der Waals surface area contributed by atoms with Crippen LogP contribution in [-0.4, -0.2) is 27.1 Å². The number of halogens is 4. The van der Waals surface area contributed by atoms with Crippen LogP contribution in [0.2, 0.25) is 0 Å². The molecule has 0 saturated heterocycles. The SMILES string of the molecule is Cc1cc(NS(=O)(=O)c2ccc(-c3ccc(N)c(I)c3)cc2)no1.Cc1cc(NS(=O)(=O)c2ccc(-c3ccccc3)cc2C(F)(F)F)no1. The van der Waals surface area contributed by atoms with E-state index in [-0.39, 0.29) is 22.1 Å². The minimum Gasteiger partial charge on any atom is -0.398 e. The van der Waals surface area contributed by atoms with Gasteiger partial charge in [-0.05, 0) is 95.1 Å². The summed E-state index contributed by atoms with van der Waals surface area (Å²) >= 11 is 2.16. The second kappa shape index (κ2) is 14.5. The van der Waals surface area contributed by atoms with Crippen LogP contribution in [0.4, 0.5) is 30.5 Å². The topological polar surface area (TPSA) is 170 Å². The number of aromatic nitrogens is 2. The molecule has 11 nitrogen and oxygen atoms in total. The third kappa shape index (κ3) is 8.82. The van der Waals surface area contributed by atoms with Gasteiger partial charge < -0.3 is 14.8 Å². The molecule has 0 bridgehead atoms. The van der Waals surface area contributed by atoms with Gasteiger partial charge in [-0.25, -0.2) is 16.8 Å². The van der Waals surface area contributed by atoms with Crippen molar-refractivity contribution >= 4 is 60.0 Å². The number of hydrogen-bond acceptors (Lipinski definition) is 9. The van der Waals surface area contributed by atoms with Crippen molar-refractivity contribution in [2.45, 2.75) is 29.8 Å². The predicted molar refractivity (Wildman–Crippen MR) is 190 cm³/mol. The van der Waals surface area contributed by atoms with E-state index < -0.39 is 36.7 Å². The number of rotatable bonds is 8. The zero-order chi connectivity index (χ0) is 36.3. The van der Waals surface area contributed by atoms with Gasteiger partial charge in [0.25, 0.3) is 20.0 Å². The number of nitrogens with one attached hydrogen (secondary N) is 2. The van der Waals surface area contributed by atoms with Crippen LogP contribution < -0.4 is 15.2 Å². The molecule has 6 aromatic rings. The highest BCUT2D eigenvalue weighted by Crippen LogP contribution is 2.37. The number of hydrogen-bond donors (Lipinski definition) is 3. The number of anilines is 3. The molecule has 4 aromatic carbocycles. The summed E-state index contributed by atoms with van der Waals surface area (Å²) in [7, 11) is -8.21. The van der Waals surface area contributed by atoms with E-state index >= 15 is 0 Å². The van der Waals surface area contributed by atoms with E-state index in [4.69, 9.17) is 14.8 Å². The molecule has 0 unspecified atom stereocenters. The molecule has 0 fully saturated rings. The molecule has 0 radical (unpaired) electrons. The number of nitrogens with zero attached hydrogens (tertiary/aromatic N) is 2. The minimum absolute atomic E-state index is 0.150. The first kappa shape index (κ1) is 36.4. The lowest BCUT2D eigenvalue weighted by Gasteiger charge is -2.15. The highest BCUT2D eigenvalue weighted by molar-refractivity contribution is 14.1. The Morgan fingerprint density at radius 3 is 1.68 bits per heavy atom. The maximum absolute atomic E-state index is 13.5. The summed E-state index contributed by atoms with van der Waals surface area (Å²) < 4.78 is 105. The van der Waals surface area contributed by atoms with E-state index in [1.165, 1.54) is 25.1 Å². The molecule has 50 heavy (non-hydrogen) atoms. The van der Waals surface area contributed by atoms with Gasteiger partial charge in [0.1, 0.15) is 11.5 Å². The molecule has 6 rings (SSSR count). The number of alkyl halides is 3. The molecule has 0 spiro atoms. The van der Waals surface area contributed by atoms with Crippen molar-refractivity contribution in [2.75, 3.05) is 15.2 Å². The van der Waals surface area contributed by atoms with Crippen molar-refractivity contribution in [2.24, 2.45) is 0 Å². The van der Waals surface area contributed by atoms with Crippen molar-refractivity contribution in [1.29, 1.82) is 0 Å². The fourth-order valence-electron chi connectivity index (χ4n) is 4.55. The summed E-state index contributed by atoms with van der Waals surface area (Å²) in [5, 5.41) is 7.07. The Balaban J connectivity index is 0.000000195. The van der Waals surface area contributed by atoms with Crippen LogP contribution in [0.5, 0.6) is 0 Å². The summed E-state index contributed by atoms with van der Waals surface area (Å²) in [5.74, 6) is 0.812. The molecule has 260 valence electrons. The smallest absolute Gasteiger partial charge is 0.398 e. The Hall–Kier alpha value is -4.88. The lowest BCUT2D eigenvalue weighted by Crippen LogP contribution is -2.19. The van der Waals surface area contributed by atoms with E-state index in [1.54, 1.807) is 61.5 Å². The quantitative estimate of drug-likeness (QED) is 0.101. The zero-order valence-corrected chi connectivity index (χ0v) is 29.9. The van der Waals surface area contributed by atoms with Crippen molar-refractivity contribution in [3.63, 3.8) is 0 Å². The fourth-order valence-corrected chi connectivity index (χ4v) is 7.24. The van der Waals surface area contributed by atoms with Gasteiger partial charge in [0.05, 0.1) is 15.4 Å². The summed E-state index contributed by atoms with van der Waals surface area (Å²) in [6, 6.07) is 26.5. The van der Waals surface area contributed by atoms with E-state index in [2.05, 4.69) is 37.6 Å². The van der Waals surface area contributed by atoms with Crippen LogP contribution in [0.1, 0.15) is 17.1 Å². The average Bonchev–Trinajstić information content (AvgIpc) is 3.67. The zero-order valence-electron chi connectivity index (χ0n) is 26.1. The van der Waals surface area contributed by atoms with Gasteiger partial charge >= 0.3 is 6.18 Å². The van der Waals surface area contributed by atoms with E-state index in [1.807, 2.05) is 22.9 Å². The van der Waals surface area contributed by atoms with E-state index in [0.29, 0.717) is 22.8 Å². The lowest BCUT2D eigenvalue weighted by molar-refractivity contribution is -0.139. The van der Waals surface area contributed by atoms with Gasteiger partial charge in [-0.3, -0.25) is 9.44 Å². The third-order valence-electron chi connectivity index (χ3n) is 6.91. The Bertz CT molecular complexity index is 2350. The van der Waals surface area contributed by atoms with Gasteiger partial charge in [0, 0.05) is 21.4 Å². The van der Waals surface area contributed by atoms with Gasteiger partial charge in [0.2, 0.25) is 0 Å². The summed E-state index contributed by atoms with van der Waals surface area (Å²) in [6.45, 7) is 3.22. The van der Waals surface area contributed by atoms with Gasteiger partial charge in [-0.1, -0.05) is 64.9 Å². The van der Waals surface area contributed by atoms with Gasteiger partial charge in [-0.15, -0.1) is 0 Å². The second-order valence-corrected chi connectivity index (χ2v) is 15.2. The van der Waals surface area contributed by atoms with Crippen LogP contribution >= 0.6 is 22.6 Å². The summed E-state index contributed by atoms with van der Waals surface area (Å²) in [5.41, 5.74) is 7.95. The molecule has 0 aliphatic rings. The minimum atomic E-state index is -4.85. The molecular weight excluding hydrogens is 810 g/mol. The molecule has 0 saturated carbocycles. The Morgan fingerprint density at radius 2 is 1.16 bits per heavy atom. The normalized spacial score (nSPS) is 11.8. The first-order valence-electron chi connectivity index (χ1n) is 14.4. The number of sulfonamides is 2. The van der Waals surface area contributed by atoms with Crippen molar-refractivity contribution in [3.8, 4) is 22.3 Å². The highest BCUT2D eigenvalue weighted by atomic mass is 127. The molecule has 0 atom stereocenters. The molecule has 17 heteroatoms. The maximum atomic E-state index is 13.5. The average molecular weight is 838 g/mol. The van der Waals surface area contributed by atoms with Crippen LogP contribution in [0, 0.1) is 17.4 Å². The standard InChI is InChI=1S/C17H13F3N2O3S.C16H14IN3O3S/c1-11-9-16(21-25-11)22-26(23,24)15-8-7-13(10-14(15)17(18,19)20)12-5-3-2-4-6-12;1-10-8-16(19-23-10)20-24(21,22)13-5-2-11(3-6-13)12-4-7-15(18)14(17)9-12/h2-10H,1H3,(H,21,22);2-9H,18H2,1H3,(H,19,20).